The van der Waals surface area contributed by atoms with E-state index in [1.54, 1.807) is 9.36 Å². The fourth-order valence-corrected chi connectivity index (χ4v) is 2.01. The van der Waals surface area contributed by atoms with Crippen molar-refractivity contribution >= 4 is 5.97 Å². The van der Waals surface area contributed by atoms with E-state index in [9.17, 15) is 4.79 Å². The van der Waals surface area contributed by atoms with Crippen LogP contribution in [0, 0.1) is 13.8 Å². The second kappa shape index (κ2) is 5.17. The van der Waals surface area contributed by atoms with Crippen molar-refractivity contribution in [3.05, 3.63) is 11.4 Å². The van der Waals surface area contributed by atoms with Gasteiger partial charge in [-0.25, -0.2) is 4.68 Å². The van der Waals surface area contributed by atoms with Gasteiger partial charge in [0.25, 0.3) is 0 Å². The Morgan fingerprint density at radius 1 is 1.37 bits per heavy atom. The maximum absolute atomic E-state index is 10.5. The Kier molecular flexibility index (Phi) is 3.59. The van der Waals surface area contributed by atoms with Crippen molar-refractivity contribution in [1.82, 2.24) is 30.0 Å². The minimum absolute atomic E-state index is 0.101. The van der Waals surface area contributed by atoms with Crippen LogP contribution in [0.1, 0.15) is 24.2 Å². The molecule has 8 nitrogen and oxygen atoms in total. The summed E-state index contributed by atoms with van der Waals surface area (Å²) in [5.41, 5.74) is 2.74. The molecular formula is C11H16N6O2. The Labute approximate surface area is 110 Å². The number of aryl methyl sites for hydroxylation is 3. The van der Waals surface area contributed by atoms with Crippen molar-refractivity contribution in [2.45, 2.75) is 33.2 Å². The zero-order valence-corrected chi connectivity index (χ0v) is 11.2. The average molecular weight is 264 g/mol. The molecular weight excluding hydrogens is 248 g/mol. The average Bonchev–Trinajstić information content (AvgIpc) is 2.85. The molecule has 0 atom stereocenters. The molecule has 0 bridgehead atoms. The third-order valence-corrected chi connectivity index (χ3v) is 3.03. The van der Waals surface area contributed by atoms with Crippen molar-refractivity contribution in [1.29, 1.82) is 0 Å². The number of nitrogens with zero attached hydrogens (tertiary/aromatic N) is 6. The lowest BCUT2D eigenvalue weighted by Crippen LogP contribution is -2.06. The van der Waals surface area contributed by atoms with Gasteiger partial charge < -0.3 is 5.11 Å². The predicted octanol–water partition coefficient (Wildman–Crippen LogP) is 0.555. The zero-order chi connectivity index (χ0) is 14.0. The van der Waals surface area contributed by atoms with Crippen LogP contribution in [-0.2, 0) is 18.4 Å². The van der Waals surface area contributed by atoms with Crippen LogP contribution in [-0.4, -0.2) is 41.1 Å². The second-order valence-electron chi connectivity index (χ2n) is 4.39. The van der Waals surface area contributed by atoms with Gasteiger partial charge in [-0.15, -0.1) is 5.10 Å². The number of hydrogen-bond donors (Lipinski definition) is 1. The molecule has 0 aliphatic carbocycles. The highest BCUT2D eigenvalue weighted by atomic mass is 16.4. The third kappa shape index (κ3) is 2.61. The van der Waals surface area contributed by atoms with Crippen LogP contribution in [0.25, 0.3) is 11.4 Å². The molecule has 8 heteroatoms. The van der Waals surface area contributed by atoms with E-state index in [1.165, 1.54) is 0 Å². The molecule has 0 aliphatic heterocycles. The second-order valence-corrected chi connectivity index (χ2v) is 4.39. The first-order chi connectivity index (χ1) is 9.00. The fourth-order valence-electron chi connectivity index (χ4n) is 2.01. The van der Waals surface area contributed by atoms with Gasteiger partial charge in [-0.2, -0.15) is 5.10 Å². The van der Waals surface area contributed by atoms with E-state index in [0.717, 1.165) is 17.0 Å². The van der Waals surface area contributed by atoms with Crippen LogP contribution in [0.4, 0.5) is 0 Å². The van der Waals surface area contributed by atoms with Crippen molar-refractivity contribution in [2.75, 3.05) is 0 Å². The molecule has 1 N–H and O–H groups in total. The molecule has 0 unspecified atom stereocenters. The molecule has 2 heterocycles. The number of aromatic nitrogens is 6. The van der Waals surface area contributed by atoms with Crippen molar-refractivity contribution in [3.8, 4) is 11.4 Å². The molecule has 0 aromatic carbocycles. The summed E-state index contributed by atoms with van der Waals surface area (Å²) in [5, 5.41) is 24.6. The Balaban J connectivity index is 2.26. The number of carboxylic acid groups (broad SMARTS) is 1. The van der Waals surface area contributed by atoms with E-state index in [-0.39, 0.29) is 6.42 Å². The van der Waals surface area contributed by atoms with Crippen LogP contribution in [0.5, 0.6) is 0 Å². The summed E-state index contributed by atoms with van der Waals surface area (Å²) < 4.78 is 3.40. The summed E-state index contributed by atoms with van der Waals surface area (Å²) >= 11 is 0. The smallest absolute Gasteiger partial charge is 0.303 e. The molecule has 0 radical (unpaired) electrons. The summed E-state index contributed by atoms with van der Waals surface area (Å²) in [6, 6.07) is 0. The van der Waals surface area contributed by atoms with Gasteiger partial charge in [-0.05, 0) is 30.7 Å². The molecule has 0 fully saturated rings. The first-order valence-corrected chi connectivity index (χ1v) is 5.99. The quantitative estimate of drug-likeness (QED) is 0.847. The molecule has 2 rings (SSSR count). The molecule has 0 spiro atoms. The summed E-state index contributed by atoms with van der Waals surface area (Å²) in [5.74, 6) is -0.183. The highest BCUT2D eigenvalue weighted by Crippen LogP contribution is 2.23. The van der Waals surface area contributed by atoms with E-state index >= 15 is 0 Å². The molecule has 0 amide bonds. The van der Waals surface area contributed by atoms with Gasteiger partial charge in [0.05, 0.1) is 11.3 Å². The minimum Gasteiger partial charge on any atom is -0.481 e. The van der Waals surface area contributed by atoms with Crippen molar-refractivity contribution < 1.29 is 9.90 Å². The van der Waals surface area contributed by atoms with Gasteiger partial charge in [-0.1, -0.05) is 0 Å². The van der Waals surface area contributed by atoms with Gasteiger partial charge in [0.2, 0.25) is 0 Å². The first kappa shape index (κ1) is 13.2. The lowest BCUT2D eigenvalue weighted by Gasteiger charge is -2.04. The summed E-state index contributed by atoms with van der Waals surface area (Å²) in [6.07, 6.45) is 0.593. The number of carboxylic acids is 1. The normalized spacial score (nSPS) is 10.9. The Hall–Kier alpha value is -2.25. The fraction of sp³-hybridized carbons (Fsp3) is 0.545. The largest absolute Gasteiger partial charge is 0.481 e. The van der Waals surface area contributed by atoms with E-state index < -0.39 is 5.97 Å². The summed E-state index contributed by atoms with van der Waals surface area (Å²) in [4.78, 5) is 10.5. The van der Waals surface area contributed by atoms with E-state index in [4.69, 9.17) is 5.11 Å². The number of carbonyl (C=O) groups is 1. The zero-order valence-electron chi connectivity index (χ0n) is 11.2. The molecule has 2 aromatic rings. The van der Waals surface area contributed by atoms with Crippen LogP contribution in [0.2, 0.25) is 0 Å². The number of aliphatic carboxylic acids is 1. The Morgan fingerprint density at radius 2 is 2.11 bits per heavy atom. The van der Waals surface area contributed by atoms with Crippen molar-refractivity contribution in [3.63, 3.8) is 0 Å². The maximum atomic E-state index is 10.5. The van der Waals surface area contributed by atoms with Crippen LogP contribution in [0.3, 0.4) is 0 Å². The monoisotopic (exact) mass is 264 g/mol. The van der Waals surface area contributed by atoms with Gasteiger partial charge in [-0.3, -0.25) is 9.48 Å². The molecule has 102 valence electrons. The topological polar surface area (TPSA) is 98.7 Å². The molecule has 0 aliphatic rings. The minimum atomic E-state index is -0.816. The van der Waals surface area contributed by atoms with E-state index in [0.29, 0.717) is 18.8 Å². The van der Waals surface area contributed by atoms with Crippen LogP contribution < -0.4 is 0 Å². The molecule has 0 saturated carbocycles. The maximum Gasteiger partial charge on any atom is 0.303 e. The van der Waals surface area contributed by atoms with E-state index in [1.807, 2.05) is 20.9 Å². The SMILES string of the molecule is Cc1nn(C)c(C)c1-c1nnnn1CCCC(=O)O. The molecule has 19 heavy (non-hydrogen) atoms. The predicted molar refractivity (Wildman–Crippen MR) is 66.4 cm³/mol. The summed E-state index contributed by atoms with van der Waals surface area (Å²) in [6.45, 7) is 4.33. The van der Waals surface area contributed by atoms with Gasteiger partial charge in [0.15, 0.2) is 5.82 Å². The van der Waals surface area contributed by atoms with Gasteiger partial charge in [0, 0.05) is 25.7 Å². The van der Waals surface area contributed by atoms with Crippen molar-refractivity contribution in [2.24, 2.45) is 7.05 Å². The lowest BCUT2D eigenvalue weighted by atomic mass is 10.2. The van der Waals surface area contributed by atoms with Gasteiger partial charge in [0.1, 0.15) is 0 Å². The molecule has 0 saturated heterocycles. The highest BCUT2D eigenvalue weighted by Gasteiger charge is 2.18. The first-order valence-electron chi connectivity index (χ1n) is 5.99. The number of tetrazole rings is 1. The Bertz CT molecular complexity index is 600. The number of rotatable bonds is 5. The number of hydrogen-bond acceptors (Lipinski definition) is 5. The van der Waals surface area contributed by atoms with E-state index in [2.05, 4.69) is 20.6 Å². The third-order valence-electron chi connectivity index (χ3n) is 3.03. The van der Waals surface area contributed by atoms with Gasteiger partial charge >= 0.3 is 5.97 Å². The lowest BCUT2D eigenvalue weighted by molar-refractivity contribution is -0.137. The van der Waals surface area contributed by atoms with Crippen LogP contribution >= 0.6 is 0 Å². The summed E-state index contributed by atoms with van der Waals surface area (Å²) in [7, 11) is 1.87. The standard InChI is InChI=1S/C11H16N6O2/c1-7-10(8(2)16(3)13-7)11-12-14-15-17(11)6-4-5-9(18)19/h4-6H2,1-3H3,(H,18,19). The Morgan fingerprint density at radius 3 is 2.68 bits per heavy atom. The highest BCUT2D eigenvalue weighted by molar-refractivity contribution is 5.66. The van der Waals surface area contributed by atoms with Crippen LogP contribution in [0.15, 0.2) is 0 Å². The molecule has 2 aromatic heterocycles.